The smallest absolute Gasteiger partial charge is 0.349 e. The highest BCUT2D eigenvalue weighted by Gasteiger charge is 2.24. The van der Waals surface area contributed by atoms with E-state index in [1.807, 2.05) is 6.92 Å². The van der Waals surface area contributed by atoms with Gasteiger partial charge in [0.05, 0.1) is 12.6 Å². The highest BCUT2D eigenvalue weighted by atomic mass is 16.5. The second-order valence-electron chi connectivity index (χ2n) is 5.11. The van der Waals surface area contributed by atoms with Gasteiger partial charge in [0, 0.05) is 5.39 Å². The number of carbonyl (C=O) groups is 1. The lowest BCUT2D eigenvalue weighted by molar-refractivity contribution is 0.0920. The summed E-state index contributed by atoms with van der Waals surface area (Å²) in [6, 6.07) is 6.64. The largest absolute Gasteiger partial charge is 0.493 e. The van der Waals surface area contributed by atoms with Crippen LogP contribution in [-0.4, -0.2) is 18.6 Å². The molecule has 0 bridgehead atoms. The van der Waals surface area contributed by atoms with Crippen molar-refractivity contribution in [2.75, 3.05) is 7.11 Å². The Bertz CT molecular complexity index is 815. The van der Waals surface area contributed by atoms with Gasteiger partial charge >= 0.3 is 5.63 Å². The molecule has 22 heavy (non-hydrogen) atoms. The summed E-state index contributed by atoms with van der Waals surface area (Å²) in [7, 11) is 1.48. The molecule has 1 atom stereocenters. The van der Waals surface area contributed by atoms with Gasteiger partial charge in [-0.05, 0) is 25.5 Å². The van der Waals surface area contributed by atoms with Crippen LogP contribution in [-0.2, 0) is 0 Å². The zero-order valence-corrected chi connectivity index (χ0v) is 12.7. The Morgan fingerprint density at radius 3 is 2.82 bits per heavy atom. The fraction of sp³-hybridized carbons (Fsp3) is 0.294. The summed E-state index contributed by atoms with van der Waals surface area (Å²) in [4.78, 5) is 24.4. The molecule has 0 aliphatic carbocycles. The molecule has 1 heterocycles. The Morgan fingerprint density at radius 1 is 1.50 bits per heavy atom. The summed E-state index contributed by atoms with van der Waals surface area (Å²) in [5, 5.41) is 3.28. The molecule has 5 heteroatoms. The van der Waals surface area contributed by atoms with Gasteiger partial charge in [-0.3, -0.25) is 4.79 Å². The number of para-hydroxylation sites is 1. The number of methoxy groups -OCH3 is 1. The number of hydrogen-bond donors (Lipinski definition) is 1. The van der Waals surface area contributed by atoms with Crippen molar-refractivity contribution in [3.8, 4) is 18.1 Å². The van der Waals surface area contributed by atoms with Gasteiger partial charge in [0.15, 0.2) is 11.3 Å². The third-order valence-corrected chi connectivity index (χ3v) is 3.60. The van der Waals surface area contributed by atoms with E-state index in [2.05, 4.69) is 11.2 Å². The van der Waals surface area contributed by atoms with E-state index in [1.54, 1.807) is 25.1 Å². The van der Waals surface area contributed by atoms with Gasteiger partial charge in [0.2, 0.25) is 0 Å². The minimum absolute atomic E-state index is 0.0873. The highest BCUT2D eigenvalue weighted by molar-refractivity contribution is 5.97. The van der Waals surface area contributed by atoms with Crippen LogP contribution in [0.4, 0.5) is 0 Å². The van der Waals surface area contributed by atoms with Crippen LogP contribution in [0.25, 0.3) is 11.0 Å². The average Bonchev–Trinajstić information content (AvgIpc) is 2.53. The minimum atomic E-state index is -0.813. The van der Waals surface area contributed by atoms with Gasteiger partial charge < -0.3 is 14.5 Å². The molecule has 0 aliphatic heterocycles. The third-order valence-electron chi connectivity index (χ3n) is 3.60. The molecule has 0 spiro atoms. The minimum Gasteiger partial charge on any atom is -0.493 e. The van der Waals surface area contributed by atoms with E-state index >= 15 is 0 Å². The van der Waals surface area contributed by atoms with Gasteiger partial charge in [-0.2, -0.15) is 0 Å². The van der Waals surface area contributed by atoms with Crippen LogP contribution in [0, 0.1) is 12.3 Å². The molecule has 5 nitrogen and oxygen atoms in total. The zero-order valence-electron chi connectivity index (χ0n) is 12.7. The number of terminal acetylenes is 1. The Kier molecular flexibility index (Phi) is 4.22. The van der Waals surface area contributed by atoms with Crippen molar-refractivity contribution in [1.29, 1.82) is 0 Å². The standard InChI is InChI=1S/C17H17NO4/c1-5-17(3,6-2)18-15(19)12-10-11-8-7-9-13(21-4)14(11)22-16(12)20/h1,7-10H,6H2,2-4H3,(H,18,19)/t17-/m1/s1. The Balaban J connectivity index is 2.49. The lowest BCUT2D eigenvalue weighted by Gasteiger charge is -2.23. The van der Waals surface area contributed by atoms with Gasteiger partial charge in [-0.15, -0.1) is 6.42 Å². The highest BCUT2D eigenvalue weighted by Crippen LogP contribution is 2.24. The average molecular weight is 299 g/mol. The lowest BCUT2D eigenvalue weighted by Crippen LogP contribution is -2.45. The van der Waals surface area contributed by atoms with Crippen LogP contribution in [0.5, 0.6) is 5.75 Å². The molecule has 2 aromatic rings. The maximum absolute atomic E-state index is 12.3. The molecule has 114 valence electrons. The first-order valence-corrected chi connectivity index (χ1v) is 6.85. The molecule has 0 saturated carbocycles. The first-order valence-electron chi connectivity index (χ1n) is 6.85. The molecule has 0 unspecified atom stereocenters. The molecule has 1 N–H and O–H groups in total. The fourth-order valence-electron chi connectivity index (χ4n) is 1.98. The number of ether oxygens (including phenoxy) is 1. The van der Waals surface area contributed by atoms with Gasteiger partial charge in [0.25, 0.3) is 5.91 Å². The quantitative estimate of drug-likeness (QED) is 0.695. The summed E-state index contributed by atoms with van der Waals surface area (Å²) in [5.74, 6) is 2.40. The molecule has 1 amide bonds. The summed E-state index contributed by atoms with van der Waals surface area (Å²) >= 11 is 0. The second kappa shape index (κ2) is 5.94. The number of hydrogen-bond acceptors (Lipinski definition) is 4. The van der Waals surface area contributed by atoms with Gasteiger partial charge in [0.1, 0.15) is 5.56 Å². The van der Waals surface area contributed by atoms with Crippen molar-refractivity contribution in [3.63, 3.8) is 0 Å². The Hall–Kier alpha value is -2.74. The van der Waals surface area contributed by atoms with Crippen molar-refractivity contribution in [2.45, 2.75) is 25.8 Å². The maximum atomic E-state index is 12.3. The summed E-state index contributed by atoms with van der Waals surface area (Å²) in [6.45, 7) is 3.57. The Morgan fingerprint density at radius 2 is 2.23 bits per heavy atom. The summed E-state index contributed by atoms with van der Waals surface area (Å²) < 4.78 is 10.4. The molecule has 1 aromatic heterocycles. The van der Waals surface area contributed by atoms with E-state index in [0.717, 1.165) is 0 Å². The van der Waals surface area contributed by atoms with Crippen LogP contribution >= 0.6 is 0 Å². The van der Waals surface area contributed by atoms with Crippen LogP contribution in [0.2, 0.25) is 0 Å². The molecule has 0 aliphatic rings. The van der Waals surface area contributed by atoms with E-state index in [-0.39, 0.29) is 5.56 Å². The first kappa shape index (κ1) is 15.6. The Labute approximate surface area is 128 Å². The SMILES string of the molecule is C#C[C@](C)(CC)NC(=O)c1cc2cccc(OC)c2oc1=O. The second-order valence-corrected chi connectivity index (χ2v) is 5.11. The van der Waals surface area contributed by atoms with Crippen LogP contribution < -0.4 is 15.7 Å². The molecule has 0 fully saturated rings. The third kappa shape index (κ3) is 2.82. The van der Waals surface area contributed by atoms with E-state index < -0.39 is 17.1 Å². The predicted molar refractivity (Wildman–Crippen MR) is 84.0 cm³/mol. The van der Waals surface area contributed by atoms with Crippen molar-refractivity contribution in [2.24, 2.45) is 0 Å². The topological polar surface area (TPSA) is 68.5 Å². The number of rotatable bonds is 4. The normalized spacial score (nSPS) is 13.2. The molecular weight excluding hydrogens is 282 g/mol. The molecule has 2 rings (SSSR count). The number of benzene rings is 1. The number of carbonyl (C=O) groups excluding carboxylic acids is 1. The van der Waals surface area contributed by atoms with Crippen LogP contribution in [0.3, 0.4) is 0 Å². The van der Waals surface area contributed by atoms with Crippen LogP contribution in [0.15, 0.2) is 33.5 Å². The van der Waals surface area contributed by atoms with E-state index in [0.29, 0.717) is 23.1 Å². The van der Waals surface area contributed by atoms with Crippen molar-refractivity contribution < 1.29 is 13.9 Å². The predicted octanol–water partition coefficient (Wildman–Crippen LogP) is 2.33. The molecule has 0 saturated heterocycles. The summed E-state index contributed by atoms with van der Waals surface area (Å²) in [5.41, 5.74) is -1.32. The van der Waals surface area contributed by atoms with Gasteiger partial charge in [-0.25, -0.2) is 4.79 Å². The number of nitrogens with one attached hydrogen (secondary N) is 1. The zero-order chi connectivity index (χ0) is 16.3. The van der Waals surface area contributed by atoms with E-state index in [4.69, 9.17) is 15.6 Å². The lowest BCUT2D eigenvalue weighted by atomic mass is 9.99. The fourth-order valence-corrected chi connectivity index (χ4v) is 1.98. The van der Waals surface area contributed by atoms with Gasteiger partial charge in [-0.1, -0.05) is 25.0 Å². The van der Waals surface area contributed by atoms with Crippen molar-refractivity contribution >= 4 is 16.9 Å². The molecule has 0 radical (unpaired) electrons. The van der Waals surface area contributed by atoms with Crippen molar-refractivity contribution in [3.05, 3.63) is 40.2 Å². The molecular formula is C17H17NO4. The monoisotopic (exact) mass is 299 g/mol. The summed E-state index contributed by atoms with van der Waals surface area (Å²) in [6.07, 6.45) is 5.97. The van der Waals surface area contributed by atoms with Crippen molar-refractivity contribution in [1.82, 2.24) is 5.32 Å². The van der Waals surface area contributed by atoms with Crippen LogP contribution in [0.1, 0.15) is 30.6 Å². The first-order chi connectivity index (χ1) is 10.4. The number of amides is 1. The molecule has 1 aromatic carbocycles. The number of fused-ring (bicyclic) bond motifs is 1. The van der Waals surface area contributed by atoms with E-state index in [1.165, 1.54) is 13.2 Å². The maximum Gasteiger partial charge on any atom is 0.349 e. The van der Waals surface area contributed by atoms with E-state index in [9.17, 15) is 9.59 Å².